The first-order valence-corrected chi connectivity index (χ1v) is 7.30. The minimum Gasteiger partial charge on any atom is -0.478 e. The van der Waals surface area contributed by atoms with Crippen LogP contribution in [-0.4, -0.2) is 22.0 Å². The first-order valence-electron chi connectivity index (χ1n) is 7.30. The molecule has 24 heavy (non-hydrogen) atoms. The van der Waals surface area contributed by atoms with E-state index in [1.807, 2.05) is 36.4 Å². The summed E-state index contributed by atoms with van der Waals surface area (Å²) in [5.41, 5.74) is 0.676. The molecule has 0 aliphatic rings. The molecule has 0 bridgehead atoms. The lowest BCUT2D eigenvalue weighted by Gasteiger charge is -2.05. The molecule has 0 spiro atoms. The van der Waals surface area contributed by atoms with E-state index in [0.29, 0.717) is 10.8 Å². The zero-order valence-corrected chi connectivity index (χ0v) is 12.7. The maximum Gasteiger partial charge on any atom is 0.337 e. The minimum atomic E-state index is -1.10. The van der Waals surface area contributed by atoms with Crippen molar-refractivity contribution in [1.82, 2.24) is 4.68 Å². The summed E-state index contributed by atoms with van der Waals surface area (Å²) < 4.78 is 1.04. The number of pyridine rings is 1. The van der Waals surface area contributed by atoms with Gasteiger partial charge in [-0.2, -0.15) is 5.10 Å². The highest BCUT2D eigenvalue weighted by atomic mass is 16.4. The van der Waals surface area contributed by atoms with Crippen LogP contribution < -0.4 is 5.56 Å². The first kappa shape index (κ1) is 15.4. The molecule has 0 unspecified atom stereocenters. The summed E-state index contributed by atoms with van der Waals surface area (Å²) in [6.07, 6.45) is 6.22. The number of carboxylic acids is 1. The van der Waals surface area contributed by atoms with E-state index in [2.05, 4.69) is 5.10 Å². The third-order valence-corrected chi connectivity index (χ3v) is 3.50. The Morgan fingerprint density at radius 2 is 1.67 bits per heavy atom. The minimum absolute atomic E-state index is 0.0365. The van der Waals surface area contributed by atoms with Crippen molar-refractivity contribution >= 4 is 29.0 Å². The van der Waals surface area contributed by atoms with E-state index < -0.39 is 5.97 Å². The van der Waals surface area contributed by atoms with Crippen LogP contribution in [0.25, 0.3) is 16.8 Å². The van der Waals surface area contributed by atoms with Crippen LogP contribution in [0.4, 0.5) is 0 Å². The monoisotopic (exact) mass is 318 g/mol. The first-order chi connectivity index (χ1) is 11.7. The van der Waals surface area contributed by atoms with Crippen LogP contribution in [0.3, 0.4) is 0 Å². The smallest absolute Gasteiger partial charge is 0.337 e. The maximum absolute atomic E-state index is 12.4. The average molecular weight is 318 g/mol. The zero-order chi connectivity index (χ0) is 16.9. The molecule has 3 aromatic rings. The van der Waals surface area contributed by atoms with Crippen LogP contribution in [-0.2, 0) is 0 Å². The SMILES string of the molecule is O=C(O)c1cn(/N=C/C=C/c2ccccc2)c(=O)c2ccccc12. The number of hydrogen-bond donors (Lipinski definition) is 1. The fourth-order valence-electron chi connectivity index (χ4n) is 2.36. The third kappa shape index (κ3) is 3.15. The van der Waals surface area contributed by atoms with Gasteiger partial charge in [0.2, 0.25) is 0 Å². The molecule has 2 aromatic carbocycles. The number of fused-ring (bicyclic) bond motifs is 1. The highest BCUT2D eigenvalue weighted by molar-refractivity contribution is 6.03. The van der Waals surface area contributed by atoms with Gasteiger partial charge in [0.05, 0.1) is 5.56 Å². The van der Waals surface area contributed by atoms with Gasteiger partial charge in [0.1, 0.15) is 0 Å². The second-order valence-corrected chi connectivity index (χ2v) is 5.08. The van der Waals surface area contributed by atoms with Crippen LogP contribution in [0.5, 0.6) is 0 Å². The van der Waals surface area contributed by atoms with Crippen molar-refractivity contribution in [2.75, 3.05) is 0 Å². The van der Waals surface area contributed by atoms with E-state index in [1.54, 1.807) is 30.3 Å². The van der Waals surface area contributed by atoms with Gasteiger partial charge in [0, 0.05) is 23.2 Å². The van der Waals surface area contributed by atoms with Crippen molar-refractivity contribution in [3.05, 3.63) is 88.4 Å². The van der Waals surface area contributed by atoms with Crippen molar-refractivity contribution in [1.29, 1.82) is 0 Å². The number of nitrogens with zero attached hydrogens (tertiary/aromatic N) is 2. The van der Waals surface area contributed by atoms with Gasteiger partial charge in [-0.15, -0.1) is 0 Å². The predicted molar refractivity (Wildman–Crippen MR) is 94.5 cm³/mol. The average Bonchev–Trinajstić information content (AvgIpc) is 2.61. The van der Waals surface area contributed by atoms with Crippen LogP contribution in [0, 0.1) is 0 Å². The Kier molecular flexibility index (Phi) is 4.34. The number of aromatic carboxylic acids is 1. The van der Waals surface area contributed by atoms with Gasteiger partial charge >= 0.3 is 5.97 Å². The van der Waals surface area contributed by atoms with Crippen molar-refractivity contribution in [3.8, 4) is 0 Å². The summed E-state index contributed by atoms with van der Waals surface area (Å²) >= 11 is 0. The molecular formula is C19H14N2O3. The van der Waals surface area contributed by atoms with Crippen LogP contribution in [0.1, 0.15) is 15.9 Å². The molecule has 0 atom stereocenters. The van der Waals surface area contributed by atoms with Crippen LogP contribution in [0.2, 0.25) is 0 Å². The van der Waals surface area contributed by atoms with Gasteiger partial charge in [-0.25, -0.2) is 9.47 Å². The normalized spacial score (nSPS) is 11.5. The zero-order valence-electron chi connectivity index (χ0n) is 12.7. The molecule has 0 saturated heterocycles. The lowest BCUT2D eigenvalue weighted by atomic mass is 10.1. The maximum atomic E-state index is 12.4. The standard InChI is InChI=1S/C19H14N2O3/c22-18-16-11-5-4-10-15(16)17(19(23)24)13-21(18)20-12-6-9-14-7-2-1-3-8-14/h1-13H,(H,23,24)/b9-6+,20-12+. The van der Waals surface area contributed by atoms with Crippen molar-refractivity contribution in [3.63, 3.8) is 0 Å². The molecule has 5 nitrogen and oxygen atoms in total. The summed E-state index contributed by atoms with van der Waals surface area (Å²) in [6, 6.07) is 16.2. The number of carbonyl (C=O) groups is 1. The Balaban J connectivity index is 1.99. The van der Waals surface area contributed by atoms with E-state index in [-0.39, 0.29) is 11.1 Å². The molecule has 0 fully saturated rings. The molecule has 0 aliphatic heterocycles. The molecular weight excluding hydrogens is 304 g/mol. The summed E-state index contributed by atoms with van der Waals surface area (Å²) in [5.74, 6) is -1.10. The molecule has 0 radical (unpaired) electrons. The number of allylic oxidation sites excluding steroid dienone is 1. The van der Waals surface area contributed by atoms with Crippen molar-refractivity contribution in [2.24, 2.45) is 5.10 Å². The predicted octanol–water partition coefficient (Wildman–Crippen LogP) is 3.25. The highest BCUT2D eigenvalue weighted by Gasteiger charge is 2.12. The Morgan fingerprint density at radius 1 is 1.00 bits per heavy atom. The van der Waals surface area contributed by atoms with E-state index >= 15 is 0 Å². The lowest BCUT2D eigenvalue weighted by Crippen LogP contribution is -2.18. The van der Waals surface area contributed by atoms with Gasteiger partial charge in [-0.05, 0) is 17.7 Å². The number of carboxylic acid groups (broad SMARTS) is 1. The Hall–Kier alpha value is -3.47. The number of hydrogen-bond acceptors (Lipinski definition) is 3. The third-order valence-electron chi connectivity index (χ3n) is 3.50. The van der Waals surface area contributed by atoms with E-state index in [1.165, 1.54) is 12.4 Å². The van der Waals surface area contributed by atoms with Crippen LogP contribution >= 0.6 is 0 Å². The molecule has 1 N–H and O–H groups in total. The summed E-state index contributed by atoms with van der Waals surface area (Å²) in [5, 5.41) is 14.1. The van der Waals surface area contributed by atoms with Gasteiger partial charge in [-0.3, -0.25) is 4.79 Å². The quantitative estimate of drug-likeness (QED) is 0.751. The molecule has 5 heteroatoms. The topological polar surface area (TPSA) is 71.7 Å². The van der Waals surface area contributed by atoms with Crippen molar-refractivity contribution in [2.45, 2.75) is 0 Å². The van der Waals surface area contributed by atoms with Crippen molar-refractivity contribution < 1.29 is 9.90 Å². The fourth-order valence-corrected chi connectivity index (χ4v) is 2.36. The highest BCUT2D eigenvalue weighted by Crippen LogP contribution is 2.15. The second-order valence-electron chi connectivity index (χ2n) is 5.08. The summed E-state index contributed by atoms with van der Waals surface area (Å²) in [7, 11) is 0. The van der Waals surface area contributed by atoms with E-state index in [4.69, 9.17) is 0 Å². The molecule has 0 saturated carbocycles. The lowest BCUT2D eigenvalue weighted by molar-refractivity contribution is 0.0698. The molecule has 1 aromatic heterocycles. The number of aromatic nitrogens is 1. The molecule has 3 rings (SSSR count). The van der Waals surface area contributed by atoms with Gasteiger partial charge < -0.3 is 5.11 Å². The van der Waals surface area contributed by atoms with Gasteiger partial charge in [-0.1, -0.05) is 54.6 Å². The van der Waals surface area contributed by atoms with Gasteiger partial charge in [0.25, 0.3) is 5.56 Å². The number of rotatable bonds is 4. The Bertz CT molecular complexity index is 1000. The Labute approximate surface area is 137 Å². The number of benzene rings is 2. The summed E-state index contributed by atoms with van der Waals surface area (Å²) in [6.45, 7) is 0. The second kappa shape index (κ2) is 6.75. The Morgan fingerprint density at radius 3 is 2.38 bits per heavy atom. The largest absolute Gasteiger partial charge is 0.478 e. The molecule has 0 amide bonds. The molecule has 0 aliphatic carbocycles. The van der Waals surface area contributed by atoms with E-state index in [0.717, 1.165) is 10.2 Å². The van der Waals surface area contributed by atoms with Gasteiger partial charge in [0.15, 0.2) is 0 Å². The molecule has 1 heterocycles. The molecule has 118 valence electrons. The van der Waals surface area contributed by atoms with E-state index in [9.17, 15) is 14.7 Å². The summed E-state index contributed by atoms with van der Waals surface area (Å²) in [4.78, 5) is 23.8. The fraction of sp³-hybridized carbons (Fsp3) is 0. The van der Waals surface area contributed by atoms with Crippen LogP contribution in [0.15, 0.2) is 76.8 Å².